The summed E-state index contributed by atoms with van der Waals surface area (Å²) >= 11 is 0. The molecule has 0 saturated heterocycles. The van der Waals surface area contributed by atoms with Gasteiger partial charge in [-0.15, -0.1) is 0 Å². The molecular weight excluding hydrogens is 340 g/mol. The van der Waals surface area contributed by atoms with E-state index in [-0.39, 0.29) is 17.1 Å². The van der Waals surface area contributed by atoms with Gasteiger partial charge >= 0.3 is 0 Å². The fraction of sp³-hybridized carbons (Fsp3) is 0.222. The lowest BCUT2D eigenvalue weighted by atomic mass is 10.0. The second-order valence-corrected chi connectivity index (χ2v) is 7.20. The van der Waals surface area contributed by atoms with Crippen molar-refractivity contribution >= 4 is 21.3 Å². The number of allylic oxidation sites excluding steroid dienone is 2. The first kappa shape index (κ1) is 18.8. The summed E-state index contributed by atoms with van der Waals surface area (Å²) in [5, 5.41) is 10.8. The molecule has 0 aromatic heterocycles. The van der Waals surface area contributed by atoms with Gasteiger partial charge in [0.1, 0.15) is 0 Å². The van der Waals surface area contributed by atoms with Crippen molar-refractivity contribution in [3.05, 3.63) is 76.4 Å². The fourth-order valence-electron chi connectivity index (χ4n) is 2.44. The molecule has 2 aromatic carbocycles. The van der Waals surface area contributed by atoms with Crippen LogP contribution in [0.4, 0.5) is 5.69 Å². The lowest BCUT2D eigenvalue weighted by molar-refractivity contribution is -0.385. The third kappa shape index (κ3) is 5.23. The average molecular weight is 360 g/mol. The fourth-order valence-corrected chi connectivity index (χ4v) is 3.55. The monoisotopic (exact) mass is 360 g/mol. The first-order chi connectivity index (χ1) is 11.9. The summed E-state index contributed by atoms with van der Waals surface area (Å²) in [5.41, 5.74) is 2.02. The van der Waals surface area contributed by atoms with Crippen molar-refractivity contribution in [3.63, 3.8) is 0 Å². The quantitative estimate of drug-likeness (QED) is 0.441. The number of nitrogens with zero attached hydrogens (tertiary/aromatic N) is 1. The molecule has 0 aliphatic carbocycles. The number of rotatable bonds is 8. The Kier molecular flexibility index (Phi) is 6.44. The molecule has 132 valence electrons. The molecule has 0 spiro atoms. The number of sulfonamides is 1. The van der Waals surface area contributed by atoms with Gasteiger partial charge in [-0.1, -0.05) is 42.5 Å². The number of nitrogens with one attached hydrogen (secondary N) is 1. The summed E-state index contributed by atoms with van der Waals surface area (Å²) in [7, 11) is -3.76. The Labute approximate surface area is 147 Å². The zero-order valence-corrected chi connectivity index (χ0v) is 14.7. The molecule has 0 unspecified atom stereocenters. The van der Waals surface area contributed by atoms with Gasteiger partial charge < -0.3 is 0 Å². The Balaban J connectivity index is 1.94. The van der Waals surface area contributed by atoms with E-state index in [2.05, 4.69) is 4.72 Å². The second kappa shape index (κ2) is 8.55. The molecule has 2 aromatic rings. The summed E-state index contributed by atoms with van der Waals surface area (Å²) in [6, 6.07) is 14.9. The zero-order valence-electron chi connectivity index (χ0n) is 13.9. The molecule has 25 heavy (non-hydrogen) atoms. The number of hydrogen-bond acceptors (Lipinski definition) is 4. The molecule has 0 atom stereocenters. The van der Waals surface area contributed by atoms with E-state index in [0.29, 0.717) is 6.42 Å². The minimum atomic E-state index is -3.76. The lowest BCUT2D eigenvalue weighted by Crippen LogP contribution is -2.24. The summed E-state index contributed by atoms with van der Waals surface area (Å²) < 4.78 is 27.0. The van der Waals surface area contributed by atoms with Crippen molar-refractivity contribution < 1.29 is 13.3 Å². The molecule has 2 rings (SSSR count). The van der Waals surface area contributed by atoms with Crippen LogP contribution in [0.5, 0.6) is 0 Å². The van der Waals surface area contributed by atoms with Crippen molar-refractivity contribution in [1.82, 2.24) is 4.72 Å². The van der Waals surface area contributed by atoms with Crippen LogP contribution in [-0.4, -0.2) is 19.9 Å². The number of benzene rings is 2. The number of nitro benzene ring substituents is 1. The number of non-ortho nitro benzene ring substituents is 1. The van der Waals surface area contributed by atoms with Gasteiger partial charge in [0.2, 0.25) is 10.0 Å². The molecular formula is C18H20N2O4S. The molecule has 7 heteroatoms. The van der Waals surface area contributed by atoms with Crippen molar-refractivity contribution in [2.75, 3.05) is 6.54 Å². The molecule has 0 saturated carbocycles. The highest BCUT2D eigenvalue weighted by Gasteiger charge is 2.17. The lowest BCUT2D eigenvalue weighted by Gasteiger charge is -2.09. The van der Waals surface area contributed by atoms with Crippen molar-refractivity contribution in [3.8, 4) is 0 Å². The van der Waals surface area contributed by atoms with E-state index in [9.17, 15) is 18.5 Å². The SMILES string of the molecule is C/C=C(/CCCNS(=O)(=O)c1cccc([N+](=O)[O-])c1)c1ccccc1. The van der Waals surface area contributed by atoms with Gasteiger partial charge in [-0.05, 0) is 37.0 Å². The third-order valence-electron chi connectivity index (χ3n) is 3.75. The topological polar surface area (TPSA) is 89.3 Å². The Bertz CT molecular complexity index is 862. The normalized spacial score (nSPS) is 12.1. The van der Waals surface area contributed by atoms with E-state index in [4.69, 9.17) is 0 Å². The van der Waals surface area contributed by atoms with Gasteiger partial charge in [0.25, 0.3) is 5.69 Å². The Morgan fingerprint density at radius 3 is 2.52 bits per heavy atom. The molecule has 0 heterocycles. The zero-order chi connectivity index (χ0) is 18.3. The van der Waals surface area contributed by atoms with Crippen LogP contribution in [0.3, 0.4) is 0 Å². The maximum Gasteiger partial charge on any atom is 0.270 e. The van der Waals surface area contributed by atoms with Crippen LogP contribution < -0.4 is 4.72 Å². The molecule has 0 fully saturated rings. The summed E-state index contributed by atoms with van der Waals surface area (Å²) in [4.78, 5) is 10.1. The minimum absolute atomic E-state index is 0.101. The van der Waals surface area contributed by atoms with E-state index >= 15 is 0 Å². The maximum absolute atomic E-state index is 12.2. The van der Waals surface area contributed by atoms with Crippen LogP contribution in [0.25, 0.3) is 5.57 Å². The van der Waals surface area contributed by atoms with E-state index in [1.807, 2.05) is 43.3 Å². The van der Waals surface area contributed by atoms with Gasteiger partial charge in [0, 0.05) is 18.7 Å². The predicted molar refractivity (Wildman–Crippen MR) is 97.6 cm³/mol. The highest BCUT2D eigenvalue weighted by atomic mass is 32.2. The summed E-state index contributed by atoms with van der Waals surface area (Å²) in [5.74, 6) is 0. The van der Waals surface area contributed by atoms with Crippen LogP contribution in [-0.2, 0) is 10.0 Å². The molecule has 0 amide bonds. The highest BCUT2D eigenvalue weighted by Crippen LogP contribution is 2.20. The standard InChI is InChI=1S/C18H20N2O4S/c1-2-15(16-8-4-3-5-9-16)10-7-13-19-25(23,24)18-12-6-11-17(14-18)20(21)22/h2-6,8-9,11-12,14,19H,7,10,13H2,1H3/b15-2-. The Morgan fingerprint density at radius 1 is 1.16 bits per heavy atom. The Morgan fingerprint density at radius 2 is 1.88 bits per heavy atom. The molecule has 6 nitrogen and oxygen atoms in total. The smallest absolute Gasteiger partial charge is 0.258 e. The van der Waals surface area contributed by atoms with Crippen LogP contribution in [0.2, 0.25) is 0 Å². The van der Waals surface area contributed by atoms with Crippen LogP contribution in [0, 0.1) is 10.1 Å². The van der Waals surface area contributed by atoms with Crippen LogP contribution >= 0.6 is 0 Å². The minimum Gasteiger partial charge on any atom is -0.258 e. The maximum atomic E-state index is 12.2. The summed E-state index contributed by atoms with van der Waals surface area (Å²) in [6.07, 6.45) is 3.38. The van der Waals surface area contributed by atoms with E-state index in [1.54, 1.807) is 0 Å². The largest absolute Gasteiger partial charge is 0.270 e. The molecule has 1 N–H and O–H groups in total. The third-order valence-corrected chi connectivity index (χ3v) is 5.21. The highest BCUT2D eigenvalue weighted by molar-refractivity contribution is 7.89. The molecule has 0 aliphatic rings. The first-order valence-corrected chi connectivity index (χ1v) is 9.37. The molecule has 0 aliphatic heterocycles. The second-order valence-electron chi connectivity index (χ2n) is 5.44. The van der Waals surface area contributed by atoms with Crippen LogP contribution in [0.1, 0.15) is 25.3 Å². The van der Waals surface area contributed by atoms with Gasteiger partial charge in [0.05, 0.1) is 9.82 Å². The van der Waals surface area contributed by atoms with E-state index < -0.39 is 14.9 Å². The number of nitro groups is 1. The summed E-state index contributed by atoms with van der Waals surface area (Å²) in [6.45, 7) is 2.21. The van der Waals surface area contributed by atoms with Gasteiger partial charge in [-0.25, -0.2) is 13.1 Å². The average Bonchev–Trinajstić information content (AvgIpc) is 2.62. The van der Waals surface area contributed by atoms with Gasteiger partial charge in [0.15, 0.2) is 0 Å². The van der Waals surface area contributed by atoms with Crippen molar-refractivity contribution in [2.24, 2.45) is 0 Å². The van der Waals surface area contributed by atoms with Crippen molar-refractivity contribution in [1.29, 1.82) is 0 Å². The van der Waals surface area contributed by atoms with E-state index in [0.717, 1.165) is 23.6 Å². The molecule has 0 radical (unpaired) electrons. The Hall–Kier alpha value is -2.51. The first-order valence-electron chi connectivity index (χ1n) is 7.89. The molecule has 0 bridgehead atoms. The van der Waals surface area contributed by atoms with Crippen molar-refractivity contribution in [2.45, 2.75) is 24.7 Å². The van der Waals surface area contributed by atoms with E-state index in [1.165, 1.54) is 18.2 Å². The number of hydrogen-bond donors (Lipinski definition) is 1. The van der Waals surface area contributed by atoms with Crippen LogP contribution in [0.15, 0.2) is 65.6 Å². The van der Waals surface area contributed by atoms with Gasteiger partial charge in [-0.2, -0.15) is 0 Å². The van der Waals surface area contributed by atoms with Gasteiger partial charge in [-0.3, -0.25) is 10.1 Å². The predicted octanol–water partition coefficient (Wildman–Crippen LogP) is 3.76.